The molecule has 4 rings (SSSR count). The molecule has 0 radical (unpaired) electrons. The van der Waals surface area contributed by atoms with Crippen LogP contribution in [0.3, 0.4) is 0 Å². The highest BCUT2D eigenvalue weighted by Gasteiger charge is 2.30. The second-order valence-corrected chi connectivity index (χ2v) is 6.95. The third-order valence-corrected chi connectivity index (χ3v) is 5.07. The van der Waals surface area contributed by atoms with Crippen molar-refractivity contribution >= 4 is 23.8 Å². The number of amides is 1. The van der Waals surface area contributed by atoms with Gasteiger partial charge in [-0.1, -0.05) is 36.8 Å². The second-order valence-electron chi connectivity index (χ2n) is 6.95. The normalized spacial score (nSPS) is 17.6. The average Bonchev–Trinajstić information content (AvgIpc) is 2.90. The highest BCUT2D eigenvalue weighted by atomic mass is 16.5. The molecule has 0 N–H and O–H groups in total. The van der Waals surface area contributed by atoms with Crippen molar-refractivity contribution in [2.45, 2.75) is 25.7 Å². The minimum atomic E-state index is -0.516. The summed E-state index contributed by atoms with van der Waals surface area (Å²) in [6, 6.07) is 14.1. The number of hydrogen-bond acceptors (Lipinski definition) is 5. The Morgan fingerprint density at radius 2 is 1.79 bits per heavy atom. The van der Waals surface area contributed by atoms with Crippen LogP contribution in [-0.4, -0.2) is 36.3 Å². The number of rotatable bonds is 4. The number of carbonyl (C=O) groups excluding carboxylic acids is 2. The van der Waals surface area contributed by atoms with Gasteiger partial charge in [-0.25, -0.2) is 4.79 Å². The van der Waals surface area contributed by atoms with E-state index in [-0.39, 0.29) is 5.91 Å². The molecule has 1 amide bonds. The topological polar surface area (TPSA) is 68.2 Å². The molecule has 1 fully saturated rings. The van der Waals surface area contributed by atoms with Crippen LogP contribution in [-0.2, 0) is 4.79 Å². The molecule has 29 heavy (non-hydrogen) atoms. The fourth-order valence-corrected chi connectivity index (χ4v) is 3.61. The Morgan fingerprint density at radius 3 is 2.62 bits per heavy atom. The largest absolute Gasteiger partial charge is 0.496 e. The number of aliphatic imine (C=N–C) groups is 1. The number of fused-ring (bicyclic) bond motifs is 1. The van der Waals surface area contributed by atoms with Gasteiger partial charge in [0.2, 0.25) is 0 Å². The zero-order valence-electron chi connectivity index (χ0n) is 16.3. The van der Waals surface area contributed by atoms with E-state index in [1.54, 1.807) is 42.5 Å². The van der Waals surface area contributed by atoms with Crippen LogP contribution in [0.1, 0.15) is 41.6 Å². The number of nitrogens with zero attached hydrogens (tertiary/aromatic N) is 2. The number of methoxy groups -OCH3 is 1. The Balaban J connectivity index is 1.63. The van der Waals surface area contributed by atoms with Gasteiger partial charge in [0.25, 0.3) is 5.91 Å². The predicted octanol–water partition coefficient (Wildman–Crippen LogP) is 4.07. The van der Waals surface area contributed by atoms with Crippen molar-refractivity contribution in [3.63, 3.8) is 0 Å². The van der Waals surface area contributed by atoms with Gasteiger partial charge in [0.05, 0.1) is 7.11 Å². The smallest absolute Gasteiger partial charge is 0.347 e. The number of carbonyl (C=O) groups is 2. The van der Waals surface area contributed by atoms with Gasteiger partial charge < -0.3 is 14.4 Å². The Hall–Kier alpha value is -3.41. The first-order chi connectivity index (χ1) is 14.2. The maximum absolute atomic E-state index is 12.7. The summed E-state index contributed by atoms with van der Waals surface area (Å²) in [6.07, 6.45) is 5.77. The molecule has 2 aromatic carbocycles. The van der Waals surface area contributed by atoms with E-state index in [0.29, 0.717) is 28.3 Å². The first-order valence-corrected chi connectivity index (χ1v) is 9.73. The zero-order valence-corrected chi connectivity index (χ0v) is 16.3. The van der Waals surface area contributed by atoms with Crippen molar-refractivity contribution in [2.24, 2.45) is 4.99 Å². The van der Waals surface area contributed by atoms with Crippen LogP contribution in [0.5, 0.6) is 11.5 Å². The van der Waals surface area contributed by atoms with Crippen LogP contribution in [0.25, 0.3) is 6.08 Å². The lowest BCUT2D eigenvalue weighted by Gasteiger charge is -2.18. The number of benzene rings is 2. The maximum atomic E-state index is 12.7. The first-order valence-electron chi connectivity index (χ1n) is 9.73. The van der Waals surface area contributed by atoms with Crippen LogP contribution in [0.15, 0.2) is 59.2 Å². The van der Waals surface area contributed by atoms with Gasteiger partial charge in [0.1, 0.15) is 28.6 Å². The fraction of sp³-hybridized carbons (Fsp3) is 0.261. The van der Waals surface area contributed by atoms with E-state index in [4.69, 9.17) is 9.47 Å². The summed E-state index contributed by atoms with van der Waals surface area (Å²) < 4.78 is 10.9. The molecule has 0 atom stereocenters. The van der Waals surface area contributed by atoms with Crippen LogP contribution in [0, 0.1) is 0 Å². The van der Waals surface area contributed by atoms with Gasteiger partial charge in [0, 0.05) is 18.5 Å². The molecule has 2 aliphatic rings. The summed E-state index contributed by atoms with van der Waals surface area (Å²) in [7, 11) is 1.51. The van der Waals surface area contributed by atoms with E-state index >= 15 is 0 Å². The van der Waals surface area contributed by atoms with Gasteiger partial charge in [0.15, 0.2) is 0 Å². The number of ether oxygens (including phenoxy) is 2. The van der Waals surface area contributed by atoms with Crippen molar-refractivity contribution in [1.82, 2.24) is 4.90 Å². The molecular formula is C23H22N2O4. The lowest BCUT2D eigenvalue weighted by molar-refractivity contribution is -0.114. The molecular weight excluding hydrogens is 368 g/mol. The van der Waals surface area contributed by atoms with E-state index in [9.17, 15) is 9.59 Å². The van der Waals surface area contributed by atoms with Crippen molar-refractivity contribution < 1.29 is 19.1 Å². The Morgan fingerprint density at radius 1 is 1.03 bits per heavy atom. The Labute approximate surface area is 169 Å². The van der Waals surface area contributed by atoms with Crippen LogP contribution < -0.4 is 9.47 Å². The van der Waals surface area contributed by atoms with Crippen LogP contribution in [0.4, 0.5) is 0 Å². The zero-order chi connectivity index (χ0) is 20.2. The van der Waals surface area contributed by atoms with Gasteiger partial charge in [-0.05, 0) is 37.1 Å². The molecule has 0 spiro atoms. The van der Waals surface area contributed by atoms with Crippen molar-refractivity contribution in [3.8, 4) is 11.5 Å². The summed E-state index contributed by atoms with van der Waals surface area (Å²) in [5, 5.41) is 0. The monoisotopic (exact) mass is 390 g/mol. The number of esters is 1. The summed E-state index contributed by atoms with van der Waals surface area (Å²) in [5.41, 5.74) is 1.52. The fourth-order valence-electron chi connectivity index (χ4n) is 3.61. The van der Waals surface area contributed by atoms with Gasteiger partial charge in [-0.3, -0.25) is 4.79 Å². The van der Waals surface area contributed by atoms with E-state index in [1.807, 2.05) is 17.0 Å². The molecule has 0 saturated carbocycles. The SMILES string of the molecule is COc1ccccc1C(=O)Oc1ccccc1/C=C1\C(=O)N=C2CCCCCN21. The standard InChI is InChI=1S/C23H22N2O4/c1-28-20-12-7-5-10-17(20)23(27)29-19-11-6-4-9-16(19)15-18-22(26)24-21-13-3-2-8-14-25(18)21/h4-7,9-12,15H,2-3,8,13-14H2,1H3/b18-15+. The first kappa shape index (κ1) is 18.9. The van der Waals surface area contributed by atoms with Gasteiger partial charge >= 0.3 is 5.97 Å². The van der Waals surface area contributed by atoms with Crippen molar-refractivity contribution in [1.29, 1.82) is 0 Å². The maximum Gasteiger partial charge on any atom is 0.347 e. The lowest BCUT2D eigenvalue weighted by Crippen LogP contribution is -2.26. The van der Waals surface area contributed by atoms with E-state index in [1.165, 1.54) is 7.11 Å². The molecule has 0 unspecified atom stereocenters. The third-order valence-electron chi connectivity index (χ3n) is 5.07. The van der Waals surface area contributed by atoms with E-state index < -0.39 is 5.97 Å². The quantitative estimate of drug-likeness (QED) is 0.447. The summed E-state index contributed by atoms with van der Waals surface area (Å²) >= 11 is 0. The molecule has 0 aromatic heterocycles. The summed E-state index contributed by atoms with van der Waals surface area (Å²) in [5.74, 6) is 0.904. The molecule has 0 bridgehead atoms. The molecule has 6 heteroatoms. The number of para-hydroxylation sites is 2. The van der Waals surface area contributed by atoms with Gasteiger partial charge in [-0.15, -0.1) is 0 Å². The van der Waals surface area contributed by atoms with Crippen molar-refractivity contribution in [2.75, 3.05) is 13.7 Å². The van der Waals surface area contributed by atoms with E-state index in [2.05, 4.69) is 4.99 Å². The third kappa shape index (κ3) is 3.92. The minimum absolute atomic E-state index is 0.243. The lowest BCUT2D eigenvalue weighted by atomic mass is 10.1. The summed E-state index contributed by atoms with van der Waals surface area (Å²) in [4.78, 5) is 31.4. The molecule has 2 aromatic rings. The molecule has 6 nitrogen and oxygen atoms in total. The number of amidine groups is 1. The van der Waals surface area contributed by atoms with E-state index in [0.717, 1.165) is 38.1 Å². The Bertz CT molecular complexity index is 1010. The Kier molecular flexibility index (Phi) is 5.42. The highest BCUT2D eigenvalue weighted by Crippen LogP contribution is 2.29. The molecule has 2 aliphatic heterocycles. The molecule has 0 aliphatic carbocycles. The highest BCUT2D eigenvalue weighted by molar-refractivity contribution is 6.13. The second kappa shape index (κ2) is 8.31. The summed E-state index contributed by atoms with van der Waals surface area (Å²) in [6.45, 7) is 0.777. The molecule has 148 valence electrons. The van der Waals surface area contributed by atoms with Gasteiger partial charge in [-0.2, -0.15) is 4.99 Å². The number of hydrogen-bond donors (Lipinski definition) is 0. The van der Waals surface area contributed by atoms with Crippen molar-refractivity contribution in [3.05, 3.63) is 65.4 Å². The molecule has 1 saturated heterocycles. The van der Waals surface area contributed by atoms with Crippen LogP contribution in [0.2, 0.25) is 0 Å². The molecule has 2 heterocycles. The average molecular weight is 390 g/mol. The predicted molar refractivity (Wildman–Crippen MR) is 110 cm³/mol. The minimum Gasteiger partial charge on any atom is -0.496 e. The van der Waals surface area contributed by atoms with Crippen LogP contribution >= 0.6 is 0 Å².